The van der Waals surface area contributed by atoms with Gasteiger partial charge in [0, 0.05) is 17.3 Å². The number of anilines is 1. The maximum atomic E-state index is 12.3. The predicted molar refractivity (Wildman–Crippen MR) is 71.2 cm³/mol. The lowest BCUT2D eigenvalue weighted by Crippen LogP contribution is -2.45. The number of rotatable bonds is 3. The Morgan fingerprint density at radius 1 is 1.32 bits per heavy atom. The minimum absolute atomic E-state index is 0.160. The highest BCUT2D eigenvalue weighted by atomic mass is 16.7. The predicted octanol–water partition coefficient (Wildman–Crippen LogP) is 1.92. The maximum absolute atomic E-state index is 12.3. The second-order valence-corrected chi connectivity index (χ2v) is 5.74. The minimum Gasteiger partial charge on any atom is -0.454 e. The van der Waals surface area contributed by atoms with E-state index in [1.165, 1.54) is 12.8 Å². The van der Waals surface area contributed by atoms with Gasteiger partial charge in [0.1, 0.15) is 0 Å². The van der Waals surface area contributed by atoms with Crippen molar-refractivity contribution in [2.75, 3.05) is 12.5 Å². The van der Waals surface area contributed by atoms with Crippen molar-refractivity contribution in [2.24, 2.45) is 5.92 Å². The molecule has 1 fully saturated rings. The molecule has 1 saturated carbocycles. The fourth-order valence-electron chi connectivity index (χ4n) is 2.42. The smallest absolute Gasteiger partial charge is 0.253 e. The molecule has 1 amide bonds. The van der Waals surface area contributed by atoms with Crippen molar-refractivity contribution in [1.29, 1.82) is 0 Å². The topological polar surface area (TPSA) is 73.6 Å². The molecule has 0 radical (unpaired) electrons. The summed E-state index contributed by atoms with van der Waals surface area (Å²) < 4.78 is 10.5. The van der Waals surface area contributed by atoms with Crippen LogP contribution in [0.1, 0.15) is 37.0 Å². The Hall–Kier alpha value is -1.91. The number of benzene rings is 1. The van der Waals surface area contributed by atoms with Gasteiger partial charge in [-0.25, -0.2) is 0 Å². The Morgan fingerprint density at radius 3 is 2.58 bits per heavy atom. The highest BCUT2D eigenvalue weighted by molar-refractivity contribution is 6.00. The van der Waals surface area contributed by atoms with E-state index in [1.807, 2.05) is 13.8 Å². The molecule has 0 atom stereocenters. The summed E-state index contributed by atoms with van der Waals surface area (Å²) in [5, 5.41) is 3.05. The fraction of sp³-hybridized carbons (Fsp3) is 0.500. The zero-order valence-corrected chi connectivity index (χ0v) is 11.2. The average Bonchev–Trinajstić information content (AvgIpc) is 3.09. The van der Waals surface area contributed by atoms with E-state index in [0.717, 1.165) is 0 Å². The first kappa shape index (κ1) is 12.1. The zero-order valence-electron chi connectivity index (χ0n) is 11.2. The van der Waals surface area contributed by atoms with Crippen molar-refractivity contribution in [2.45, 2.75) is 32.2 Å². The van der Waals surface area contributed by atoms with Crippen LogP contribution in [0.4, 0.5) is 5.69 Å². The Balaban J connectivity index is 1.83. The van der Waals surface area contributed by atoms with Gasteiger partial charge in [0.2, 0.25) is 6.79 Å². The summed E-state index contributed by atoms with van der Waals surface area (Å²) in [6.45, 7) is 4.27. The summed E-state index contributed by atoms with van der Waals surface area (Å²) in [4.78, 5) is 12.3. The first-order chi connectivity index (χ1) is 8.97. The van der Waals surface area contributed by atoms with Crippen LogP contribution in [0.15, 0.2) is 12.1 Å². The number of nitrogens with one attached hydrogen (secondary N) is 1. The van der Waals surface area contributed by atoms with Crippen LogP contribution in [0.3, 0.4) is 0 Å². The second-order valence-electron chi connectivity index (χ2n) is 5.74. The molecule has 3 rings (SSSR count). The Bertz CT molecular complexity index is 536. The molecule has 3 N–H and O–H groups in total. The van der Waals surface area contributed by atoms with E-state index in [4.69, 9.17) is 15.2 Å². The van der Waals surface area contributed by atoms with E-state index in [0.29, 0.717) is 28.7 Å². The van der Waals surface area contributed by atoms with Gasteiger partial charge < -0.3 is 20.5 Å². The molecule has 2 aliphatic rings. The molecule has 1 heterocycles. The highest BCUT2D eigenvalue weighted by Crippen LogP contribution is 2.40. The van der Waals surface area contributed by atoms with E-state index in [1.54, 1.807) is 12.1 Å². The van der Waals surface area contributed by atoms with Crippen LogP contribution >= 0.6 is 0 Å². The SMILES string of the molecule is CC(C)(NC(=O)c1cc2c(cc1N)OCO2)C1CC1. The molecule has 0 saturated heterocycles. The van der Waals surface area contributed by atoms with Crippen molar-refractivity contribution in [1.82, 2.24) is 5.32 Å². The van der Waals surface area contributed by atoms with Crippen LogP contribution in [0.25, 0.3) is 0 Å². The van der Waals surface area contributed by atoms with Gasteiger partial charge in [-0.1, -0.05) is 0 Å². The molecule has 1 aromatic rings. The molecule has 1 aliphatic carbocycles. The van der Waals surface area contributed by atoms with E-state index in [9.17, 15) is 4.79 Å². The van der Waals surface area contributed by atoms with Crippen molar-refractivity contribution in [3.05, 3.63) is 17.7 Å². The molecule has 5 nitrogen and oxygen atoms in total. The Kier molecular flexibility index (Phi) is 2.59. The number of fused-ring (bicyclic) bond motifs is 1. The number of carbonyl (C=O) groups excluding carboxylic acids is 1. The number of ether oxygens (including phenoxy) is 2. The van der Waals surface area contributed by atoms with Gasteiger partial charge in [-0.15, -0.1) is 0 Å². The molecule has 102 valence electrons. The van der Waals surface area contributed by atoms with E-state index >= 15 is 0 Å². The summed E-state index contributed by atoms with van der Waals surface area (Å²) in [6.07, 6.45) is 2.34. The lowest BCUT2D eigenvalue weighted by molar-refractivity contribution is 0.0904. The van der Waals surface area contributed by atoms with Gasteiger partial charge in [-0.2, -0.15) is 0 Å². The minimum atomic E-state index is -0.195. The standard InChI is InChI=1S/C14H18N2O3/c1-14(2,8-3-4-8)16-13(17)9-5-11-12(6-10(9)15)19-7-18-11/h5-6,8H,3-4,7,15H2,1-2H3,(H,16,17). The van der Waals surface area contributed by atoms with Crippen molar-refractivity contribution < 1.29 is 14.3 Å². The number of amides is 1. The molecule has 0 spiro atoms. The number of carbonyl (C=O) groups is 1. The molecule has 0 unspecified atom stereocenters. The van der Waals surface area contributed by atoms with Crippen LogP contribution in [-0.2, 0) is 0 Å². The van der Waals surface area contributed by atoms with Gasteiger partial charge in [-0.05, 0) is 38.7 Å². The van der Waals surface area contributed by atoms with Crippen molar-refractivity contribution in [3.63, 3.8) is 0 Å². The van der Waals surface area contributed by atoms with Crippen molar-refractivity contribution >= 4 is 11.6 Å². The fourth-order valence-corrected chi connectivity index (χ4v) is 2.42. The molecule has 5 heteroatoms. The number of nitrogen functional groups attached to an aromatic ring is 1. The van der Waals surface area contributed by atoms with Crippen LogP contribution in [-0.4, -0.2) is 18.2 Å². The molecule has 0 bridgehead atoms. The molecule has 19 heavy (non-hydrogen) atoms. The van der Waals surface area contributed by atoms with Crippen LogP contribution < -0.4 is 20.5 Å². The van der Waals surface area contributed by atoms with Gasteiger partial charge in [0.05, 0.1) is 5.56 Å². The average molecular weight is 262 g/mol. The maximum Gasteiger partial charge on any atom is 0.253 e. The molecule has 0 aromatic heterocycles. The summed E-state index contributed by atoms with van der Waals surface area (Å²) in [5.74, 6) is 1.57. The van der Waals surface area contributed by atoms with E-state index in [-0.39, 0.29) is 18.2 Å². The van der Waals surface area contributed by atoms with Crippen LogP contribution in [0.2, 0.25) is 0 Å². The van der Waals surface area contributed by atoms with Gasteiger partial charge >= 0.3 is 0 Å². The Morgan fingerprint density at radius 2 is 1.95 bits per heavy atom. The Labute approximate surface area is 112 Å². The third-order valence-corrected chi connectivity index (χ3v) is 3.82. The third kappa shape index (κ3) is 2.20. The summed E-state index contributed by atoms with van der Waals surface area (Å²) >= 11 is 0. The lowest BCUT2D eigenvalue weighted by atomic mass is 9.98. The van der Waals surface area contributed by atoms with Gasteiger partial charge in [0.15, 0.2) is 11.5 Å². The first-order valence-electron chi connectivity index (χ1n) is 6.49. The van der Waals surface area contributed by atoms with Crippen molar-refractivity contribution in [3.8, 4) is 11.5 Å². The lowest BCUT2D eigenvalue weighted by Gasteiger charge is -2.26. The molecule has 1 aromatic carbocycles. The quantitative estimate of drug-likeness (QED) is 0.816. The number of nitrogens with two attached hydrogens (primary N) is 1. The molecular weight excluding hydrogens is 244 g/mol. The monoisotopic (exact) mass is 262 g/mol. The molecular formula is C14H18N2O3. The normalized spacial score (nSPS) is 17.4. The first-order valence-corrected chi connectivity index (χ1v) is 6.49. The van der Waals surface area contributed by atoms with Gasteiger partial charge in [-0.3, -0.25) is 4.79 Å². The largest absolute Gasteiger partial charge is 0.454 e. The summed E-state index contributed by atoms with van der Waals surface area (Å²) in [6, 6.07) is 3.29. The summed E-state index contributed by atoms with van der Waals surface area (Å²) in [7, 11) is 0. The summed E-state index contributed by atoms with van der Waals surface area (Å²) in [5.41, 5.74) is 6.57. The van der Waals surface area contributed by atoms with Crippen LogP contribution in [0, 0.1) is 5.92 Å². The highest BCUT2D eigenvalue weighted by Gasteiger charge is 2.39. The van der Waals surface area contributed by atoms with E-state index < -0.39 is 0 Å². The third-order valence-electron chi connectivity index (χ3n) is 3.82. The van der Waals surface area contributed by atoms with E-state index in [2.05, 4.69) is 5.32 Å². The number of hydrogen-bond acceptors (Lipinski definition) is 4. The van der Waals surface area contributed by atoms with Crippen LogP contribution in [0.5, 0.6) is 11.5 Å². The molecule has 1 aliphatic heterocycles. The van der Waals surface area contributed by atoms with Gasteiger partial charge in [0.25, 0.3) is 5.91 Å². The second kappa shape index (κ2) is 4.05. The zero-order chi connectivity index (χ0) is 13.6. The number of hydrogen-bond donors (Lipinski definition) is 2.